The lowest BCUT2D eigenvalue weighted by molar-refractivity contribution is -0.140. The van der Waals surface area contributed by atoms with Gasteiger partial charge in [-0.15, -0.1) is 0 Å². The smallest absolute Gasteiger partial charge is 0.295 e. The van der Waals surface area contributed by atoms with Gasteiger partial charge in [-0.2, -0.15) is 0 Å². The quantitative estimate of drug-likeness (QED) is 0.171. The number of hydrogen-bond donors (Lipinski definition) is 1. The summed E-state index contributed by atoms with van der Waals surface area (Å²) in [5, 5.41) is 11.3. The van der Waals surface area contributed by atoms with Gasteiger partial charge in [0.25, 0.3) is 11.7 Å². The van der Waals surface area contributed by atoms with Crippen LogP contribution >= 0.6 is 0 Å². The van der Waals surface area contributed by atoms with Gasteiger partial charge in [0.15, 0.2) is 11.5 Å². The van der Waals surface area contributed by atoms with Crippen LogP contribution < -0.4 is 14.2 Å². The standard InChI is InChI=1S/C30H31NO6/c1-4-5-16-37-24-15-14-21(18-25(24)36-3)27-26(28(32)22-12-9-13-23(17-22)35-2)29(33)30(34)31(27)19-20-10-7-6-8-11-20/h6-15,17-18,27,32H,4-5,16,19H2,1-3H3. The van der Waals surface area contributed by atoms with Crippen LogP contribution in [0.3, 0.4) is 0 Å². The fourth-order valence-electron chi connectivity index (χ4n) is 4.40. The molecule has 1 aliphatic heterocycles. The summed E-state index contributed by atoms with van der Waals surface area (Å²) >= 11 is 0. The molecule has 1 unspecified atom stereocenters. The van der Waals surface area contributed by atoms with Crippen LogP contribution in [0, 0.1) is 0 Å². The summed E-state index contributed by atoms with van der Waals surface area (Å²) in [6, 6.07) is 20.7. The summed E-state index contributed by atoms with van der Waals surface area (Å²) in [5.74, 6) is -0.105. The molecular weight excluding hydrogens is 470 g/mol. The fourth-order valence-corrected chi connectivity index (χ4v) is 4.40. The molecule has 0 aliphatic carbocycles. The maximum absolute atomic E-state index is 13.4. The zero-order chi connectivity index (χ0) is 26.4. The third-order valence-electron chi connectivity index (χ3n) is 6.34. The summed E-state index contributed by atoms with van der Waals surface area (Å²) in [6.45, 7) is 2.83. The van der Waals surface area contributed by atoms with E-state index in [1.807, 2.05) is 30.3 Å². The van der Waals surface area contributed by atoms with Gasteiger partial charge in [0.1, 0.15) is 11.5 Å². The van der Waals surface area contributed by atoms with Crippen molar-refractivity contribution in [3.63, 3.8) is 0 Å². The maximum atomic E-state index is 13.4. The van der Waals surface area contributed by atoms with Gasteiger partial charge in [-0.1, -0.05) is 61.9 Å². The molecule has 1 aliphatic rings. The zero-order valence-electron chi connectivity index (χ0n) is 21.3. The van der Waals surface area contributed by atoms with E-state index in [4.69, 9.17) is 14.2 Å². The number of likely N-dealkylation sites (tertiary alicyclic amines) is 1. The van der Waals surface area contributed by atoms with Crippen LogP contribution in [0.5, 0.6) is 17.2 Å². The van der Waals surface area contributed by atoms with E-state index in [0.717, 1.165) is 18.4 Å². The average molecular weight is 502 g/mol. The van der Waals surface area contributed by atoms with Gasteiger partial charge in [0.05, 0.1) is 32.4 Å². The number of carbonyl (C=O) groups excluding carboxylic acids is 2. The first-order chi connectivity index (χ1) is 18.0. The van der Waals surface area contributed by atoms with Crippen LogP contribution in [-0.4, -0.2) is 42.5 Å². The molecule has 1 fully saturated rings. The Morgan fingerprint density at radius 3 is 2.41 bits per heavy atom. The highest BCUT2D eigenvalue weighted by atomic mass is 16.5. The number of amides is 1. The minimum absolute atomic E-state index is 0.0101. The first-order valence-corrected chi connectivity index (χ1v) is 12.3. The molecule has 3 aromatic carbocycles. The Morgan fingerprint density at radius 2 is 1.70 bits per heavy atom. The molecule has 3 aromatic rings. The van der Waals surface area contributed by atoms with Gasteiger partial charge >= 0.3 is 0 Å². The number of aliphatic hydroxyl groups excluding tert-OH is 1. The number of carbonyl (C=O) groups is 2. The van der Waals surface area contributed by atoms with Crippen LogP contribution in [0.2, 0.25) is 0 Å². The van der Waals surface area contributed by atoms with Crippen molar-refractivity contribution in [3.05, 3.63) is 95.1 Å². The van der Waals surface area contributed by atoms with Crippen molar-refractivity contribution in [3.8, 4) is 17.2 Å². The van der Waals surface area contributed by atoms with Gasteiger partial charge in [0, 0.05) is 12.1 Å². The van der Waals surface area contributed by atoms with Crippen LogP contribution in [0.1, 0.15) is 42.5 Å². The largest absolute Gasteiger partial charge is 0.507 e. The molecule has 1 amide bonds. The molecule has 1 N–H and O–H groups in total. The number of benzene rings is 3. The Hall–Kier alpha value is -4.26. The van der Waals surface area contributed by atoms with Crippen molar-refractivity contribution < 1.29 is 28.9 Å². The molecule has 4 rings (SSSR count). The molecule has 1 heterocycles. The third kappa shape index (κ3) is 5.45. The van der Waals surface area contributed by atoms with Crippen LogP contribution in [-0.2, 0) is 16.1 Å². The van der Waals surface area contributed by atoms with E-state index < -0.39 is 17.7 Å². The van der Waals surface area contributed by atoms with E-state index in [0.29, 0.717) is 35.0 Å². The highest BCUT2D eigenvalue weighted by Crippen LogP contribution is 2.43. The Labute approximate surface area is 216 Å². The first-order valence-electron chi connectivity index (χ1n) is 12.3. The second kappa shape index (κ2) is 11.6. The zero-order valence-corrected chi connectivity index (χ0v) is 21.3. The van der Waals surface area contributed by atoms with Gasteiger partial charge < -0.3 is 24.2 Å². The number of ether oxygens (including phenoxy) is 3. The molecule has 1 atom stereocenters. The molecule has 0 saturated carbocycles. The number of unbranched alkanes of at least 4 members (excludes halogenated alkanes) is 1. The number of Topliss-reactive ketones (excluding diaryl/α,β-unsaturated/α-hetero) is 1. The van der Waals surface area contributed by atoms with Crippen LogP contribution in [0.15, 0.2) is 78.4 Å². The SMILES string of the molecule is CCCCOc1ccc(C2C(=C(O)c3cccc(OC)c3)C(=O)C(=O)N2Cc2ccccc2)cc1OC. The summed E-state index contributed by atoms with van der Waals surface area (Å²) in [7, 11) is 3.07. The Kier molecular flexibility index (Phi) is 8.13. The predicted octanol–water partition coefficient (Wildman–Crippen LogP) is 5.50. The Balaban J connectivity index is 1.84. The monoisotopic (exact) mass is 501 g/mol. The molecule has 0 radical (unpaired) electrons. The van der Waals surface area contributed by atoms with Gasteiger partial charge in [-0.05, 0) is 41.8 Å². The van der Waals surface area contributed by atoms with Gasteiger partial charge in [-0.3, -0.25) is 9.59 Å². The lowest BCUT2D eigenvalue weighted by Gasteiger charge is -2.26. The number of aliphatic hydroxyl groups is 1. The highest BCUT2D eigenvalue weighted by molar-refractivity contribution is 6.46. The van der Waals surface area contributed by atoms with E-state index >= 15 is 0 Å². The molecule has 37 heavy (non-hydrogen) atoms. The van der Waals surface area contributed by atoms with Crippen LogP contribution in [0.25, 0.3) is 5.76 Å². The molecule has 0 spiro atoms. The van der Waals surface area contributed by atoms with Crippen molar-refractivity contribution in [2.45, 2.75) is 32.4 Å². The van der Waals surface area contributed by atoms with Crippen LogP contribution in [0.4, 0.5) is 0 Å². The molecular formula is C30H31NO6. The molecule has 0 aromatic heterocycles. The van der Waals surface area contributed by atoms with Gasteiger partial charge in [-0.25, -0.2) is 0 Å². The van der Waals surface area contributed by atoms with E-state index in [1.54, 1.807) is 49.6 Å². The number of ketones is 1. The maximum Gasteiger partial charge on any atom is 0.295 e. The van der Waals surface area contributed by atoms with E-state index in [-0.39, 0.29) is 17.9 Å². The summed E-state index contributed by atoms with van der Waals surface area (Å²) < 4.78 is 16.7. The molecule has 192 valence electrons. The lowest BCUT2D eigenvalue weighted by atomic mass is 9.94. The second-order valence-electron chi connectivity index (χ2n) is 8.76. The third-order valence-corrected chi connectivity index (χ3v) is 6.34. The Bertz CT molecular complexity index is 1300. The minimum Gasteiger partial charge on any atom is -0.507 e. The average Bonchev–Trinajstić information content (AvgIpc) is 3.18. The molecule has 7 heteroatoms. The van der Waals surface area contributed by atoms with Gasteiger partial charge in [0.2, 0.25) is 0 Å². The van der Waals surface area contributed by atoms with E-state index in [2.05, 4.69) is 6.92 Å². The van der Waals surface area contributed by atoms with Crippen molar-refractivity contribution in [1.82, 2.24) is 4.90 Å². The summed E-state index contributed by atoms with van der Waals surface area (Å²) in [6.07, 6.45) is 1.90. The van der Waals surface area contributed by atoms with E-state index in [9.17, 15) is 14.7 Å². The predicted molar refractivity (Wildman–Crippen MR) is 141 cm³/mol. The molecule has 7 nitrogen and oxygen atoms in total. The minimum atomic E-state index is -0.829. The number of nitrogens with zero attached hydrogens (tertiary/aromatic N) is 1. The first kappa shape index (κ1) is 25.8. The topological polar surface area (TPSA) is 85.3 Å². The molecule has 0 bridgehead atoms. The fraction of sp³-hybridized carbons (Fsp3) is 0.267. The second-order valence-corrected chi connectivity index (χ2v) is 8.76. The molecule has 1 saturated heterocycles. The number of rotatable bonds is 10. The Morgan fingerprint density at radius 1 is 0.919 bits per heavy atom. The van der Waals surface area contributed by atoms with E-state index in [1.165, 1.54) is 12.0 Å². The highest BCUT2D eigenvalue weighted by Gasteiger charge is 2.46. The van der Waals surface area contributed by atoms with Crippen molar-refractivity contribution in [1.29, 1.82) is 0 Å². The number of hydrogen-bond acceptors (Lipinski definition) is 6. The summed E-state index contributed by atoms with van der Waals surface area (Å²) in [4.78, 5) is 28.1. The number of methoxy groups -OCH3 is 2. The lowest BCUT2D eigenvalue weighted by Crippen LogP contribution is -2.29. The van der Waals surface area contributed by atoms with Crippen molar-refractivity contribution >= 4 is 17.4 Å². The van der Waals surface area contributed by atoms with Crippen molar-refractivity contribution in [2.24, 2.45) is 0 Å². The van der Waals surface area contributed by atoms with Crippen molar-refractivity contribution in [2.75, 3.05) is 20.8 Å². The normalized spacial score (nSPS) is 16.6. The summed E-state index contributed by atoms with van der Waals surface area (Å²) in [5.41, 5.74) is 1.88.